The van der Waals surface area contributed by atoms with Crippen LogP contribution in [0.25, 0.3) is 0 Å². The summed E-state index contributed by atoms with van der Waals surface area (Å²) >= 11 is 3.95. The molecule has 20 heavy (non-hydrogen) atoms. The van der Waals surface area contributed by atoms with Gasteiger partial charge in [0, 0.05) is 5.75 Å². The molecule has 1 aromatic heterocycles. The number of hydrogen-bond acceptors (Lipinski definition) is 7. The van der Waals surface area contributed by atoms with Crippen molar-refractivity contribution in [2.45, 2.75) is 19.5 Å². The lowest BCUT2D eigenvalue weighted by molar-refractivity contribution is -0.385. The van der Waals surface area contributed by atoms with E-state index in [-0.39, 0.29) is 24.6 Å². The van der Waals surface area contributed by atoms with Gasteiger partial charge in [0.15, 0.2) is 0 Å². The SMILES string of the molecule is CCOC(=O)C(CS)NC(=O)Cn1cc([N+](=O)[O-])cn1. The monoisotopic (exact) mass is 302 g/mol. The van der Waals surface area contributed by atoms with E-state index in [4.69, 9.17) is 4.74 Å². The van der Waals surface area contributed by atoms with Crippen LogP contribution in [-0.2, 0) is 20.9 Å². The second-order valence-corrected chi connectivity index (χ2v) is 4.07. The van der Waals surface area contributed by atoms with Gasteiger partial charge in [0.05, 0.1) is 11.5 Å². The molecule has 1 unspecified atom stereocenters. The minimum Gasteiger partial charge on any atom is -0.464 e. The zero-order chi connectivity index (χ0) is 15.1. The van der Waals surface area contributed by atoms with E-state index in [1.807, 2.05) is 0 Å². The molecule has 1 heterocycles. The van der Waals surface area contributed by atoms with Gasteiger partial charge in [-0.15, -0.1) is 0 Å². The molecule has 1 rings (SSSR count). The summed E-state index contributed by atoms with van der Waals surface area (Å²) in [5.74, 6) is -1.01. The number of ether oxygens (including phenoxy) is 1. The molecule has 0 radical (unpaired) electrons. The van der Waals surface area contributed by atoms with Gasteiger partial charge in [0.2, 0.25) is 5.91 Å². The van der Waals surface area contributed by atoms with Crippen molar-refractivity contribution in [3.63, 3.8) is 0 Å². The summed E-state index contributed by atoms with van der Waals surface area (Å²) in [7, 11) is 0. The van der Waals surface area contributed by atoms with Gasteiger partial charge in [-0.1, -0.05) is 0 Å². The van der Waals surface area contributed by atoms with Crippen LogP contribution in [0.3, 0.4) is 0 Å². The van der Waals surface area contributed by atoms with Gasteiger partial charge in [-0.2, -0.15) is 17.7 Å². The van der Waals surface area contributed by atoms with Crippen LogP contribution in [0.1, 0.15) is 6.92 Å². The molecule has 0 aliphatic carbocycles. The first-order valence-electron chi connectivity index (χ1n) is 5.71. The molecule has 0 aromatic carbocycles. The van der Waals surface area contributed by atoms with Crippen LogP contribution in [0.2, 0.25) is 0 Å². The molecule has 0 fully saturated rings. The van der Waals surface area contributed by atoms with E-state index < -0.39 is 22.8 Å². The van der Waals surface area contributed by atoms with E-state index in [2.05, 4.69) is 23.0 Å². The number of nitrogens with zero attached hydrogens (tertiary/aromatic N) is 3. The Morgan fingerprint density at radius 1 is 1.65 bits per heavy atom. The van der Waals surface area contributed by atoms with Crippen molar-refractivity contribution < 1.29 is 19.2 Å². The van der Waals surface area contributed by atoms with Crippen LogP contribution < -0.4 is 5.32 Å². The summed E-state index contributed by atoms with van der Waals surface area (Å²) in [4.78, 5) is 33.0. The zero-order valence-electron chi connectivity index (χ0n) is 10.7. The quantitative estimate of drug-likeness (QED) is 0.311. The van der Waals surface area contributed by atoms with E-state index in [0.717, 1.165) is 17.1 Å². The first-order valence-corrected chi connectivity index (χ1v) is 6.34. The molecule has 110 valence electrons. The first kappa shape index (κ1) is 16.0. The lowest BCUT2D eigenvalue weighted by Gasteiger charge is -2.14. The Hall–Kier alpha value is -2.10. The molecular formula is C10H14N4O5S. The summed E-state index contributed by atoms with van der Waals surface area (Å²) < 4.78 is 5.87. The summed E-state index contributed by atoms with van der Waals surface area (Å²) in [6.07, 6.45) is 2.16. The highest BCUT2D eigenvalue weighted by molar-refractivity contribution is 7.80. The predicted octanol–water partition coefficient (Wildman–Crippen LogP) is -0.231. The number of amides is 1. The normalized spacial score (nSPS) is 11.7. The molecule has 0 spiro atoms. The molecular weight excluding hydrogens is 288 g/mol. The molecule has 0 aliphatic rings. The zero-order valence-corrected chi connectivity index (χ0v) is 11.6. The number of aromatic nitrogens is 2. The molecule has 10 heteroatoms. The van der Waals surface area contributed by atoms with E-state index in [0.29, 0.717) is 0 Å². The number of nitrogens with one attached hydrogen (secondary N) is 1. The van der Waals surface area contributed by atoms with Crippen LogP contribution >= 0.6 is 12.6 Å². The van der Waals surface area contributed by atoms with E-state index in [1.54, 1.807) is 6.92 Å². The predicted molar refractivity (Wildman–Crippen MR) is 71.3 cm³/mol. The van der Waals surface area contributed by atoms with Crippen molar-refractivity contribution in [2.75, 3.05) is 12.4 Å². The maximum Gasteiger partial charge on any atom is 0.329 e. The lowest BCUT2D eigenvalue weighted by atomic mass is 10.3. The van der Waals surface area contributed by atoms with Gasteiger partial charge in [0.1, 0.15) is 25.0 Å². The largest absolute Gasteiger partial charge is 0.464 e. The fourth-order valence-electron chi connectivity index (χ4n) is 1.34. The highest BCUT2D eigenvalue weighted by atomic mass is 32.1. The van der Waals surface area contributed by atoms with Gasteiger partial charge in [0.25, 0.3) is 0 Å². The standard InChI is InChI=1S/C10H14N4O5S/c1-2-19-10(16)8(6-20)12-9(15)5-13-4-7(3-11-13)14(17)18/h3-4,8,20H,2,5-6H2,1H3,(H,12,15). The Bertz CT molecular complexity index is 504. The highest BCUT2D eigenvalue weighted by Gasteiger charge is 2.21. The molecule has 0 bridgehead atoms. The summed E-state index contributed by atoms with van der Waals surface area (Å²) in [6, 6.07) is -0.865. The maximum atomic E-state index is 11.7. The number of rotatable bonds is 7. The summed E-state index contributed by atoms with van der Waals surface area (Å²) in [5.41, 5.74) is -0.214. The summed E-state index contributed by atoms with van der Waals surface area (Å²) in [6.45, 7) is 1.61. The molecule has 1 aromatic rings. The van der Waals surface area contributed by atoms with Gasteiger partial charge in [-0.25, -0.2) is 4.79 Å². The van der Waals surface area contributed by atoms with Crippen molar-refractivity contribution in [2.24, 2.45) is 0 Å². The van der Waals surface area contributed by atoms with Crippen molar-refractivity contribution in [1.82, 2.24) is 15.1 Å². The van der Waals surface area contributed by atoms with Gasteiger partial charge in [-0.3, -0.25) is 19.6 Å². The van der Waals surface area contributed by atoms with E-state index >= 15 is 0 Å². The van der Waals surface area contributed by atoms with E-state index in [1.165, 1.54) is 0 Å². The minimum absolute atomic E-state index is 0.0871. The topological polar surface area (TPSA) is 116 Å². The van der Waals surface area contributed by atoms with Gasteiger partial charge in [-0.05, 0) is 6.92 Å². The number of hydrogen-bond donors (Lipinski definition) is 2. The van der Waals surface area contributed by atoms with Crippen molar-refractivity contribution in [1.29, 1.82) is 0 Å². The third-order valence-electron chi connectivity index (χ3n) is 2.22. The molecule has 0 saturated carbocycles. The van der Waals surface area contributed by atoms with Crippen molar-refractivity contribution in [3.8, 4) is 0 Å². The second kappa shape index (κ2) is 7.48. The Kier molecular flexibility index (Phi) is 5.97. The van der Waals surface area contributed by atoms with Gasteiger partial charge < -0.3 is 10.1 Å². The van der Waals surface area contributed by atoms with E-state index in [9.17, 15) is 19.7 Å². The molecule has 0 aliphatic heterocycles. The van der Waals surface area contributed by atoms with Crippen molar-refractivity contribution >= 4 is 30.2 Å². The molecule has 1 atom stereocenters. The Labute approximate surface area is 119 Å². The first-order chi connectivity index (χ1) is 9.47. The van der Waals surface area contributed by atoms with Crippen molar-refractivity contribution in [3.05, 3.63) is 22.5 Å². The molecule has 9 nitrogen and oxygen atoms in total. The second-order valence-electron chi connectivity index (χ2n) is 3.71. The fourth-order valence-corrected chi connectivity index (χ4v) is 1.58. The average Bonchev–Trinajstić information content (AvgIpc) is 2.84. The minimum atomic E-state index is -0.865. The molecule has 1 N–H and O–H groups in total. The average molecular weight is 302 g/mol. The smallest absolute Gasteiger partial charge is 0.329 e. The number of carbonyl (C=O) groups excluding carboxylic acids is 2. The number of carbonyl (C=O) groups is 2. The Balaban J connectivity index is 2.57. The van der Waals surface area contributed by atoms with Gasteiger partial charge >= 0.3 is 11.7 Å². The lowest BCUT2D eigenvalue weighted by Crippen LogP contribution is -2.44. The fraction of sp³-hybridized carbons (Fsp3) is 0.500. The van der Waals surface area contributed by atoms with Crippen LogP contribution in [-0.4, -0.2) is 45.0 Å². The number of nitro groups is 1. The Morgan fingerprint density at radius 3 is 2.85 bits per heavy atom. The van der Waals surface area contributed by atoms with Crippen LogP contribution in [0.5, 0.6) is 0 Å². The number of esters is 1. The third-order valence-corrected chi connectivity index (χ3v) is 2.59. The maximum absolute atomic E-state index is 11.7. The van der Waals surface area contributed by atoms with Crippen LogP contribution in [0.15, 0.2) is 12.4 Å². The molecule has 0 saturated heterocycles. The third kappa shape index (κ3) is 4.53. The molecule has 1 amide bonds. The highest BCUT2D eigenvalue weighted by Crippen LogP contribution is 2.07. The van der Waals surface area contributed by atoms with Crippen LogP contribution in [0, 0.1) is 10.1 Å². The number of thiol groups is 1. The summed E-state index contributed by atoms with van der Waals surface area (Å²) in [5, 5.41) is 16.6. The Morgan fingerprint density at radius 2 is 2.35 bits per heavy atom. The van der Waals surface area contributed by atoms with Crippen LogP contribution in [0.4, 0.5) is 5.69 Å².